The minimum atomic E-state index is -0.299. The molecule has 3 heteroatoms. The van der Waals surface area contributed by atoms with Crippen LogP contribution in [0.2, 0.25) is 0 Å². The molecule has 0 spiro atoms. The fourth-order valence-corrected chi connectivity index (χ4v) is 1.40. The minimum Gasteiger partial charge on any atom is -0.389 e. The molecule has 0 aromatic rings. The second-order valence-electron chi connectivity index (χ2n) is 3.37. The molecular weight excluding hydrogens is 154 g/mol. The monoisotopic (exact) mass is 173 g/mol. The molecule has 0 amide bonds. The fraction of sp³-hybridized carbons (Fsp3) is 1.00. The largest absolute Gasteiger partial charge is 0.389 e. The van der Waals surface area contributed by atoms with Gasteiger partial charge in [0.05, 0.1) is 25.4 Å². The van der Waals surface area contributed by atoms with Crippen molar-refractivity contribution in [3.05, 3.63) is 0 Å². The summed E-state index contributed by atoms with van der Waals surface area (Å²) >= 11 is 0. The Morgan fingerprint density at radius 2 is 2.25 bits per heavy atom. The van der Waals surface area contributed by atoms with E-state index < -0.39 is 0 Å². The molecule has 2 N–H and O–H groups in total. The topological polar surface area (TPSA) is 41.5 Å². The lowest BCUT2D eigenvalue weighted by Gasteiger charge is -2.13. The summed E-state index contributed by atoms with van der Waals surface area (Å²) in [6, 6.07) is 0.168. The molecule has 72 valence electrons. The van der Waals surface area contributed by atoms with Crippen LogP contribution in [-0.4, -0.2) is 37.0 Å². The Morgan fingerprint density at radius 1 is 1.42 bits per heavy atom. The highest BCUT2D eigenvalue weighted by atomic mass is 16.5. The van der Waals surface area contributed by atoms with E-state index in [-0.39, 0.29) is 12.1 Å². The molecule has 1 aliphatic heterocycles. The SMILES string of the molecule is CCCCCN[C@@H]1COC[C@@H]1O. The number of hydrogen-bond acceptors (Lipinski definition) is 3. The standard InChI is InChI=1S/C9H19NO2/c1-2-3-4-5-10-8-6-12-7-9(8)11/h8-11H,2-7H2,1H3/t8-,9+/m1/s1. The maximum absolute atomic E-state index is 9.36. The van der Waals surface area contributed by atoms with Gasteiger partial charge in [0.2, 0.25) is 0 Å². The molecule has 0 aliphatic carbocycles. The molecule has 0 aromatic carbocycles. The van der Waals surface area contributed by atoms with Gasteiger partial charge in [-0.3, -0.25) is 0 Å². The number of ether oxygens (including phenoxy) is 1. The van der Waals surface area contributed by atoms with Crippen molar-refractivity contribution in [3.8, 4) is 0 Å². The molecular formula is C9H19NO2. The van der Waals surface area contributed by atoms with Gasteiger partial charge < -0.3 is 15.2 Å². The third-order valence-corrected chi connectivity index (χ3v) is 2.24. The first kappa shape index (κ1) is 9.96. The summed E-state index contributed by atoms with van der Waals surface area (Å²) < 4.78 is 5.11. The smallest absolute Gasteiger partial charge is 0.0948 e. The van der Waals surface area contributed by atoms with E-state index in [0.717, 1.165) is 6.54 Å². The summed E-state index contributed by atoms with van der Waals surface area (Å²) in [5.74, 6) is 0. The first-order valence-electron chi connectivity index (χ1n) is 4.83. The van der Waals surface area contributed by atoms with E-state index >= 15 is 0 Å². The summed E-state index contributed by atoms with van der Waals surface area (Å²) in [6.07, 6.45) is 3.40. The zero-order chi connectivity index (χ0) is 8.81. The van der Waals surface area contributed by atoms with E-state index in [1.165, 1.54) is 19.3 Å². The van der Waals surface area contributed by atoms with Crippen molar-refractivity contribution in [2.45, 2.75) is 38.3 Å². The van der Waals surface area contributed by atoms with Crippen molar-refractivity contribution in [1.29, 1.82) is 0 Å². The lowest BCUT2D eigenvalue weighted by atomic mass is 10.2. The van der Waals surface area contributed by atoms with Crippen LogP contribution in [0.4, 0.5) is 0 Å². The lowest BCUT2D eigenvalue weighted by Crippen LogP contribution is -2.39. The Morgan fingerprint density at radius 3 is 2.83 bits per heavy atom. The van der Waals surface area contributed by atoms with Crippen molar-refractivity contribution in [1.82, 2.24) is 5.32 Å². The molecule has 0 radical (unpaired) electrons. The molecule has 1 saturated heterocycles. The zero-order valence-corrected chi connectivity index (χ0v) is 7.75. The number of unbranched alkanes of at least 4 members (excludes halogenated alkanes) is 2. The van der Waals surface area contributed by atoms with Gasteiger partial charge >= 0.3 is 0 Å². The highest BCUT2D eigenvalue weighted by molar-refractivity contribution is 4.80. The Bertz CT molecular complexity index is 119. The normalized spacial score (nSPS) is 29.5. The van der Waals surface area contributed by atoms with Crippen molar-refractivity contribution in [2.24, 2.45) is 0 Å². The number of aliphatic hydroxyl groups is 1. The number of hydrogen-bond donors (Lipinski definition) is 2. The first-order valence-corrected chi connectivity index (χ1v) is 4.83. The van der Waals surface area contributed by atoms with Crippen LogP contribution in [0.25, 0.3) is 0 Å². The predicted octanol–water partition coefficient (Wildman–Crippen LogP) is 0.526. The molecule has 0 saturated carbocycles. The molecule has 3 nitrogen and oxygen atoms in total. The predicted molar refractivity (Wildman–Crippen MR) is 48.1 cm³/mol. The van der Waals surface area contributed by atoms with Gasteiger partial charge in [0.15, 0.2) is 0 Å². The van der Waals surface area contributed by atoms with Crippen LogP contribution in [0.3, 0.4) is 0 Å². The molecule has 1 aliphatic rings. The summed E-state index contributed by atoms with van der Waals surface area (Å²) in [5, 5.41) is 12.6. The van der Waals surface area contributed by atoms with E-state index in [1.807, 2.05) is 0 Å². The average Bonchev–Trinajstić information content (AvgIpc) is 2.46. The highest BCUT2D eigenvalue weighted by Crippen LogP contribution is 2.05. The molecule has 0 unspecified atom stereocenters. The van der Waals surface area contributed by atoms with E-state index in [2.05, 4.69) is 12.2 Å². The van der Waals surface area contributed by atoms with E-state index in [4.69, 9.17) is 4.74 Å². The number of rotatable bonds is 5. The fourth-order valence-electron chi connectivity index (χ4n) is 1.40. The average molecular weight is 173 g/mol. The van der Waals surface area contributed by atoms with E-state index in [9.17, 15) is 5.11 Å². The Balaban J connectivity index is 1.98. The van der Waals surface area contributed by atoms with Crippen LogP contribution in [0.15, 0.2) is 0 Å². The molecule has 2 atom stereocenters. The summed E-state index contributed by atoms with van der Waals surface area (Å²) in [4.78, 5) is 0. The van der Waals surface area contributed by atoms with Crippen LogP contribution < -0.4 is 5.32 Å². The van der Waals surface area contributed by atoms with Gasteiger partial charge in [-0.2, -0.15) is 0 Å². The molecule has 1 heterocycles. The highest BCUT2D eigenvalue weighted by Gasteiger charge is 2.24. The molecule has 12 heavy (non-hydrogen) atoms. The van der Waals surface area contributed by atoms with Crippen LogP contribution in [0.5, 0.6) is 0 Å². The Labute approximate surface area is 74.1 Å². The second-order valence-corrected chi connectivity index (χ2v) is 3.37. The Kier molecular flexibility index (Phi) is 4.58. The van der Waals surface area contributed by atoms with Gasteiger partial charge in [-0.15, -0.1) is 0 Å². The van der Waals surface area contributed by atoms with Gasteiger partial charge in [-0.25, -0.2) is 0 Å². The molecule has 0 bridgehead atoms. The third-order valence-electron chi connectivity index (χ3n) is 2.24. The molecule has 0 aromatic heterocycles. The van der Waals surface area contributed by atoms with Crippen molar-refractivity contribution >= 4 is 0 Å². The number of aliphatic hydroxyl groups excluding tert-OH is 1. The van der Waals surface area contributed by atoms with Gasteiger partial charge in [0, 0.05) is 0 Å². The quantitative estimate of drug-likeness (QED) is 0.596. The molecule has 1 rings (SSSR count). The summed E-state index contributed by atoms with van der Waals surface area (Å²) in [5.41, 5.74) is 0. The van der Waals surface area contributed by atoms with Crippen molar-refractivity contribution in [2.75, 3.05) is 19.8 Å². The maximum Gasteiger partial charge on any atom is 0.0948 e. The van der Waals surface area contributed by atoms with Crippen LogP contribution in [0.1, 0.15) is 26.2 Å². The van der Waals surface area contributed by atoms with Gasteiger partial charge in [0.25, 0.3) is 0 Å². The zero-order valence-electron chi connectivity index (χ0n) is 7.75. The van der Waals surface area contributed by atoms with Crippen LogP contribution in [-0.2, 0) is 4.74 Å². The van der Waals surface area contributed by atoms with Crippen molar-refractivity contribution in [3.63, 3.8) is 0 Å². The lowest BCUT2D eigenvalue weighted by molar-refractivity contribution is 0.122. The van der Waals surface area contributed by atoms with Crippen LogP contribution in [0, 0.1) is 0 Å². The number of nitrogens with one attached hydrogen (secondary N) is 1. The maximum atomic E-state index is 9.36. The third kappa shape index (κ3) is 3.09. The van der Waals surface area contributed by atoms with Gasteiger partial charge in [-0.1, -0.05) is 19.8 Å². The first-order chi connectivity index (χ1) is 5.84. The van der Waals surface area contributed by atoms with Crippen molar-refractivity contribution < 1.29 is 9.84 Å². The van der Waals surface area contributed by atoms with E-state index in [0.29, 0.717) is 13.2 Å². The minimum absolute atomic E-state index is 0.168. The molecule has 1 fully saturated rings. The van der Waals surface area contributed by atoms with Gasteiger partial charge in [-0.05, 0) is 13.0 Å². The summed E-state index contributed by atoms with van der Waals surface area (Å²) in [7, 11) is 0. The summed E-state index contributed by atoms with van der Waals surface area (Å²) in [6.45, 7) is 4.34. The van der Waals surface area contributed by atoms with E-state index in [1.54, 1.807) is 0 Å². The van der Waals surface area contributed by atoms with Crippen LogP contribution >= 0.6 is 0 Å². The second kappa shape index (κ2) is 5.51. The Hall–Kier alpha value is -0.120. The van der Waals surface area contributed by atoms with Gasteiger partial charge in [0.1, 0.15) is 0 Å².